The molecule has 8 aromatic carbocycles. The number of phenols is 8. The largest absolute Gasteiger partial charge is 0.504 e. The molecule has 0 atom stereocenters. The Morgan fingerprint density at radius 2 is 0.698 bits per heavy atom. The molecular weight excluding hydrogens is 672 g/mol. The SMILES string of the molecule is Oc1c(O)c(O)c2c(-c3cccc(-c4ccccc4)c3)c3c(O)c(O)c(O)c(O)c3c(-c3ccc(-c4ccc5c(c4)oc4ccccc45)cc3)c2c1O. The van der Waals surface area contributed by atoms with Gasteiger partial charge in [0.2, 0.25) is 23.0 Å². The molecule has 9 rings (SSSR count). The summed E-state index contributed by atoms with van der Waals surface area (Å²) in [6.07, 6.45) is 0. The minimum Gasteiger partial charge on any atom is -0.504 e. The summed E-state index contributed by atoms with van der Waals surface area (Å²) in [5.74, 6) is -7.43. The number of hydrogen-bond donors (Lipinski definition) is 8. The molecule has 1 aromatic heterocycles. The van der Waals surface area contributed by atoms with Crippen LogP contribution in [0.4, 0.5) is 0 Å². The lowest BCUT2D eigenvalue weighted by atomic mass is 9.83. The molecule has 0 aliphatic rings. The lowest BCUT2D eigenvalue weighted by molar-refractivity contribution is 0.350. The summed E-state index contributed by atoms with van der Waals surface area (Å²) in [5.41, 5.74) is 5.24. The van der Waals surface area contributed by atoms with E-state index in [1.165, 1.54) is 0 Å². The van der Waals surface area contributed by atoms with Crippen molar-refractivity contribution in [3.05, 3.63) is 121 Å². The van der Waals surface area contributed by atoms with E-state index in [1.54, 1.807) is 42.5 Å². The zero-order valence-corrected chi connectivity index (χ0v) is 27.5. The molecule has 0 spiro atoms. The van der Waals surface area contributed by atoms with Crippen molar-refractivity contribution < 1.29 is 45.3 Å². The molecule has 8 N–H and O–H groups in total. The first-order valence-corrected chi connectivity index (χ1v) is 16.6. The van der Waals surface area contributed by atoms with E-state index < -0.39 is 46.0 Å². The number of furan rings is 1. The van der Waals surface area contributed by atoms with Gasteiger partial charge in [0.25, 0.3) is 0 Å². The Morgan fingerprint density at radius 1 is 0.283 bits per heavy atom. The molecule has 0 aliphatic carbocycles. The van der Waals surface area contributed by atoms with Crippen molar-refractivity contribution in [1.29, 1.82) is 0 Å². The number of rotatable bonds is 4. The van der Waals surface area contributed by atoms with Crippen LogP contribution in [0.3, 0.4) is 0 Å². The van der Waals surface area contributed by atoms with Crippen LogP contribution in [0.25, 0.3) is 88.0 Å². The van der Waals surface area contributed by atoms with Crippen molar-refractivity contribution in [2.24, 2.45) is 0 Å². The Labute approximate surface area is 300 Å². The Balaban J connectivity index is 1.35. The van der Waals surface area contributed by atoms with Gasteiger partial charge in [-0.3, -0.25) is 0 Å². The highest BCUT2D eigenvalue weighted by Gasteiger charge is 2.32. The average Bonchev–Trinajstić information content (AvgIpc) is 3.58. The smallest absolute Gasteiger partial charge is 0.204 e. The third-order valence-electron chi connectivity index (χ3n) is 9.94. The summed E-state index contributed by atoms with van der Waals surface area (Å²) in [5, 5.41) is 90.8. The summed E-state index contributed by atoms with van der Waals surface area (Å²) in [6.45, 7) is 0. The summed E-state index contributed by atoms with van der Waals surface area (Å²) in [4.78, 5) is 0. The molecule has 0 aliphatic heterocycles. The topological polar surface area (TPSA) is 175 Å². The molecule has 0 bridgehead atoms. The lowest BCUT2D eigenvalue weighted by Crippen LogP contribution is -1.95. The summed E-state index contributed by atoms with van der Waals surface area (Å²) in [6, 6.07) is 36.8. The molecule has 0 fully saturated rings. The van der Waals surface area contributed by atoms with Crippen LogP contribution in [0.5, 0.6) is 46.0 Å². The van der Waals surface area contributed by atoms with Crippen molar-refractivity contribution in [1.82, 2.24) is 0 Å². The Morgan fingerprint density at radius 3 is 1.30 bits per heavy atom. The molecule has 9 aromatic rings. The first-order chi connectivity index (χ1) is 25.6. The molecular formula is C44H28O9. The van der Waals surface area contributed by atoms with E-state index in [0.717, 1.165) is 38.6 Å². The summed E-state index contributed by atoms with van der Waals surface area (Å²) < 4.78 is 6.08. The first-order valence-electron chi connectivity index (χ1n) is 16.6. The third kappa shape index (κ3) is 4.57. The average molecular weight is 701 g/mol. The number of phenolic OH excluding ortho intramolecular Hbond substituents is 8. The van der Waals surface area contributed by atoms with Gasteiger partial charge in [0.1, 0.15) is 11.2 Å². The zero-order valence-electron chi connectivity index (χ0n) is 27.5. The predicted octanol–water partition coefficient (Wildman–Crippen LogP) is 10.2. The maximum absolute atomic E-state index is 11.6. The van der Waals surface area contributed by atoms with E-state index in [1.807, 2.05) is 78.9 Å². The van der Waals surface area contributed by atoms with E-state index in [-0.39, 0.29) is 32.7 Å². The second-order valence-electron chi connectivity index (χ2n) is 12.9. The van der Waals surface area contributed by atoms with Crippen LogP contribution in [0, 0.1) is 0 Å². The van der Waals surface area contributed by atoms with Gasteiger partial charge in [0, 0.05) is 43.4 Å². The molecule has 0 unspecified atom stereocenters. The molecule has 9 heteroatoms. The first kappa shape index (κ1) is 31.5. The quantitative estimate of drug-likeness (QED) is 0.0504. The number of para-hydroxylation sites is 1. The van der Waals surface area contributed by atoms with Crippen LogP contribution in [0.1, 0.15) is 0 Å². The summed E-state index contributed by atoms with van der Waals surface area (Å²) >= 11 is 0. The second kappa shape index (κ2) is 11.5. The molecule has 0 radical (unpaired) electrons. The van der Waals surface area contributed by atoms with Crippen molar-refractivity contribution in [3.8, 4) is 90.5 Å². The zero-order chi connectivity index (χ0) is 36.7. The van der Waals surface area contributed by atoms with E-state index in [0.29, 0.717) is 16.7 Å². The van der Waals surface area contributed by atoms with E-state index in [9.17, 15) is 40.9 Å². The van der Waals surface area contributed by atoms with Crippen LogP contribution in [0.2, 0.25) is 0 Å². The van der Waals surface area contributed by atoms with Crippen molar-refractivity contribution in [3.63, 3.8) is 0 Å². The minimum atomic E-state index is -1.03. The van der Waals surface area contributed by atoms with Gasteiger partial charge in [0.15, 0.2) is 23.0 Å². The van der Waals surface area contributed by atoms with Gasteiger partial charge in [-0.25, -0.2) is 0 Å². The van der Waals surface area contributed by atoms with Gasteiger partial charge in [-0.05, 0) is 57.6 Å². The maximum atomic E-state index is 11.6. The number of hydrogen-bond acceptors (Lipinski definition) is 9. The molecule has 258 valence electrons. The molecule has 0 saturated carbocycles. The van der Waals surface area contributed by atoms with Gasteiger partial charge in [0.05, 0.1) is 0 Å². The monoisotopic (exact) mass is 700 g/mol. The van der Waals surface area contributed by atoms with Crippen molar-refractivity contribution in [2.75, 3.05) is 0 Å². The highest BCUT2D eigenvalue weighted by molar-refractivity contribution is 6.29. The van der Waals surface area contributed by atoms with Gasteiger partial charge < -0.3 is 45.3 Å². The minimum absolute atomic E-state index is 0.0153. The molecule has 9 nitrogen and oxygen atoms in total. The van der Waals surface area contributed by atoms with Crippen LogP contribution in [-0.4, -0.2) is 40.9 Å². The standard InChI is InChI=1S/C44H28O9/c45-37-33-31(23-15-13-22(14-16-23)25-17-18-28-27-11-4-5-12-29(27)53-30(28)20-25)34-36(40(48)44(52)42(50)38(34)46)32(35(33)39(47)43(51)41(37)49)26-10-6-9-24(19-26)21-7-2-1-3-8-21/h1-20,45-52H. The van der Waals surface area contributed by atoms with Crippen LogP contribution in [0.15, 0.2) is 126 Å². The van der Waals surface area contributed by atoms with Crippen LogP contribution in [-0.2, 0) is 0 Å². The van der Waals surface area contributed by atoms with Crippen molar-refractivity contribution in [2.45, 2.75) is 0 Å². The van der Waals surface area contributed by atoms with E-state index in [2.05, 4.69) is 0 Å². The normalized spacial score (nSPS) is 11.6. The fraction of sp³-hybridized carbons (Fsp3) is 0. The Bertz CT molecular complexity index is 2880. The summed E-state index contributed by atoms with van der Waals surface area (Å²) in [7, 11) is 0. The molecule has 1 heterocycles. The van der Waals surface area contributed by atoms with E-state index in [4.69, 9.17) is 4.42 Å². The van der Waals surface area contributed by atoms with Crippen molar-refractivity contribution >= 4 is 43.5 Å². The number of fused-ring (bicyclic) bond motifs is 5. The van der Waals surface area contributed by atoms with Gasteiger partial charge in [-0.15, -0.1) is 0 Å². The fourth-order valence-corrected chi connectivity index (χ4v) is 7.42. The van der Waals surface area contributed by atoms with E-state index >= 15 is 0 Å². The number of benzene rings is 8. The maximum Gasteiger partial charge on any atom is 0.204 e. The highest BCUT2D eigenvalue weighted by atomic mass is 16.4. The van der Waals surface area contributed by atoms with Crippen LogP contribution < -0.4 is 0 Å². The highest BCUT2D eigenvalue weighted by Crippen LogP contribution is 2.62. The molecule has 0 amide bonds. The lowest BCUT2D eigenvalue weighted by Gasteiger charge is -2.22. The van der Waals surface area contributed by atoms with Gasteiger partial charge in [-0.1, -0.05) is 97.1 Å². The predicted molar refractivity (Wildman–Crippen MR) is 204 cm³/mol. The second-order valence-corrected chi connectivity index (χ2v) is 12.9. The van der Waals surface area contributed by atoms with Gasteiger partial charge >= 0.3 is 0 Å². The number of aromatic hydroxyl groups is 8. The fourth-order valence-electron chi connectivity index (χ4n) is 7.42. The van der Waals surface area contributed by atoms with Gasteiger partial charge in [-0.2, -0.15) is 0 Å². The Hall–Kier alpha value is -7.52. The molecule has 53 heavy (non-hydrogen) atoms. The molecule has 0 saturated heterocycles. The van der Waals surface area contributed by atoms with Crippen LogP contribution >= 0.6 is 0 Å². The third-order valence-corrected chi connectivity index (χ3v) is 9.94. The Kier molecular flexibility index (Phi) is 6.83.